The molecule has 3 heterocycles. The quantitative estimate of drug-likeness (QED) is 0.890. The van der Waals surface area contributed by atoms with Gasteiger partial charge in [0.25, 0.3) is 5.91 Å². The van der Waals surface area contributed by atoms with Crippen LogP contribution >= 0.6 is 0 Å². The molecule has 28 heavy (non-hydrogen) atoms. The van der Waals surface area contributed by atoms with Crippen LogP contribution in [-0.4, -0.2) is 47.4 Å². The highest BCUT2D eigenvalue weighted by atomic mass is 16.5. The number of piperidine rings is 1. The number of para-hydroxylation sites is 1. The molecule has 6 nitrogen and oxygen atoms in total. The number of amides is 2. The van der Waals surface area contributed by atoms with Gasteiger partial charge in [0.1, 0.15) is 17.0 Å². The summed E-state index contributed by atoms with van der Waals surface area (Å²) in [5.74, 6) is 1.00. The normalized spacial score (nSPS) is 20.2. The van der Waals surface area contributed by atoms with E-state index in [4.69, 9.17) is 4.74 Å². The Bertz CT molecular complexity index is 860. The third-order valence-electron chi connectivity index (χ3n) is 5.86. The third kappa shape index (κ3) is 3.59. The Morgan fingerprint density at radius 3 is 2.64 bits per heavy atom. The van der Waals surface area contributed by atoms with Crippen molar-refractivity contribution >= 4 is 11.8 Å². The Morgan fingerprint density at radius 1 is 1.18 bits per heavy atom. The molecule has 1 spiro atoms. The van der Waals surface area contributed by atoms with Gasteiger partial charge in [0.2, 0.25) is 5.91 Å². The second-order valence-corrected chi connectivity index (χ2v) is 7.61. The van der Waals surface area contributed by atoms with Crippen LogP contribution in [0.25, 0.3) is 0 Å². The molecule has 2 amide bonds. The number of benzene rings is 1. The molecular formula is C22H25N3O3. The largest absolute Gasteiger partial charge is 0.487 e. The zero-order valence-electron chi connectivity index (χ0n) is 16.1. The predicted molar refractivity (Wildman–Crippen MR) is 105 cm³/mol. The molecule has 0 bridgehead atoms. The van der Waals surface area contributed by atoms with E-state index in [1.807, 2.05) is 35.2 Å². The predicted octanol–water partition coefficient (Wildman–Crippen LogP) is 2.76. The van der Waals surface area contributed by atoms with Crippen LogP contribution in [-0.2, 0) is 4.79 Å². The van der Waals surface area contributed by atoms with Crippen LogP contribution in [0.1, 0.15) is 47.7 Å². The van der Waals surface area contributed by atoms with E-state index >= 15 is 0 Å². The third-order valence-corrected chi connectivity index (χ3v) is 5.86. The molecule has 2 aliphatic heterocycles. The van der Waals surface area contributed by atoms with Crippen molar-refractivity contribution in [3.8, 4) is 5.75 Å². The lowest BCUT2D eigenvalue weighted by atomic mass is 9.76. The minimum absolute atomic E-state index is 0.0337. The summed E-state index contributed by atoms with van der Waals surface area (Å²) in [6.45, 7) is 1.26. The maximum atomic E-state index is 12.7. The molecule has 0 saturated carbocycles. The Hall–Kier alpha value is -2.89. The van der Waals surface area contributed by atoms with Crippen molar-refractivity contribution in [3.63, 3.8) is 0 Å². The van der Waals surface area contributed by atoms with Crippen LogP contribution < -0.4 is 10.1 Å². The van der Waals surface area contributed by atoms with E-state index < -0.39 is 0 Å². The molecule has 2 aromatic rings. The molecule has 1 aromatic heterocycles. The molecule has 1 N–H and O–H groups in total. The number of nitrogens with one attached hydrogen (secondary N) is 1. The van der Waals surface area contributed by atoms with E-state index in [-0.39, 0.29) is 23.3 Å². The molecule has 6 heteroatoms. The van der Waals surface area contributed by atoms with E-state index in [0.717, 1.165) is 30.6 Å². The van der Waals surface area contributed by atoms with Gasteiger partial charge in [-0.05, 0) is 30.2 Å². The Balaban J connectivity index is 1.50. The molecule has 1 saturated heterocycles. The first-order valence-electron chi connectivity index (χ1n) is 9.79. The van der Waals surface area contributed by atoms with Crippen molar-refractivity contribution in [1.82, 2.24) is 15.2 Å². The van der Waals surface area contributed by atoms with E-state index in [2.05, 4.69) is 16.4 Å². The summed E-state index contributed by atoms with van der Waals surface area (Å²) in [5.41, 5.74) is 1.25. The number of fused-ring (bicyclic) bond motifs is 1. The molecule has 4 rings (SSSR count). The van der Waals surface area contributed by atoms with Gasteiger partial charge in [0, 0.05) is 51.5 Å². The number of likely N-dealkylation sites (tertiary alicyclic amines) is 1. The maximum Gasteiger partial charge on any atom is 0.272 e. The molecule has 0 unspecified atom stereocenters. The van der Waals surface area contributed by atoms with E-state index in [1.54, 1.807) is 19.3 Å². The average Bonchev–Trinajstić information content (AvgIpc) is 2.74. The van der Waals surface area contributed by atoms with E-state index in [1.165, 1.54) is 0 Å². The molecule has 1 atom stereocenters. The molecule has 1 fully saturated rings. The number of carbonyl (C=O) groups is 2. The molecule has 0 radical (unpaired) electrons. The van der Waals surface area contributed by atoms with Crippen molar-refractivity contribution in [1.29, 1.82) is 0 Å². The SMILES string of the molecule is CNC(=O)C[C@H]1CC2(CCN(C(=O)c3ccccn3)CC2)Oc2ccccc21. The van der Waals surface area contributed by atoms with Crippen molar-refractivity contribution in [3.05, 3.63) is 59.9 Å². The van der Waals surface area contributed by atoms with Gasteiger partial charge in [0.05, 0.1) is 0 Å². The van der Waals surface area contributed by atoms with Gasteiger partial charge in [-0.25, -0.2) is 0 Å². The molecule has 0 aliphatic carbocycles. The summed E-state index contributed by atoms with van der Waals surface area (Å²) in [7, 11) is 1.67. The second kappa shape index (κ2) is 7.62. The van der Waals surface area contributed by atoms with Crippen LogP contribution in [0.15, 0.2) is 48.7 Å². The van der Waals surface area contributed by atoms with Gasteiger partial charge >= 0.3 is 0 Å². The number of carbonyl (C=O) groups excluding carboxylic acids is 2. The van der Waals surface area contributed by atoms with Crippen LogP contribution in [0.2, 0.25) is 0 Å². The highest BCUT2D eigenvalue weighted by Crippen LogP contribution is 2.46. The zero-order valence-corrected chi connectivity index (χ0v) is 16.1. The minimum Gasteiger partial charge on any atom is -0.487 e. The Kier molecular flexibility index (Phi) is 5.03. The van der Waals surface area contributed by atoms with Crippen molar-refractivity contribution < 1.29 is 14.3 Å². The first-order chi connectivity index (χ1) is 13.6. The molecule has 1 aromatic carbocycles. The number of ether oxygens (including phenoxy) is 1. The highest BCUT2D eigenvalue weighted by Gasteiger charge is 2.44. The van der Waals surface area contributed by atoms with Gasteiger partial charge < -0.3 is 15.0 Å². The van der Waals surface area contributed by atoms with Crippen molar-refractivity contribution in [2.75, 3.05) is 20.1 Å². The number of nitrogens with zero attached hydrogens (tertiary/aromatic N) is 2. The summed E-state index contributed by atoms with van der Waals surface area (Å²) < 4.78 is 6.45. The van der Waals surface area contributed by atoms with Crippen molar-refractivity contribution in [2.45, 2.75) is 37.2 Å². The summed E-state index contributed by atoms with van der Waals surface area (Å²) in [6, 6.07) is 13.4. The smallest absolute Gasteiger partial charge is 0.272 e. The highest BCUT2D eigenvalue weighted by molar-refractivity contribution is 5.92. The monoisotopic (exact) mass is 379 g/mol. The van der Waals surface area contributed by atoms with Gasteiger partial charge in [-0.3, -0.25) is 14.6 Å². The van der Waals surface area contributed by atoms with Gasteiger partial charge in [-0.1, -0.05) is 24.3 Å². The molecule has 146 valence electrons. The maximum absolute atomic E-state index is 12.7. The standard InChI is InChI=1S/C22H25N3O3/c1-23-20(26)14-16-15-22(28-19-8-3-2-6-17(16)19)9-12-25(13-10-22)21(27)18-7-4-5-11-24-18/h2-8,11,16H,9-10,12-15H2,1H3,(H,23,26)/t16-/m0/s1. The van der Waals surface area contributed by atoms with Crippen LogP contribution in [0.4, 0.5) is 0 Å². The van der Waals surface area contributed by atoms with Crippen LogP contribution in [0.3, 0.4) is 0 Å². The lowest BCUT2D eigenvalue weighted by molar-refractivity contribution is -0.121. The number of aromatic nitrogens is 1. The van der Waals surface area contributed by atoms with Gasteiger partial charge in [0.15, 0.2) is 0 Å². The lowest BCUT2D eigenvalue weighted by Crippen LogP contribution is -2.52. The van der Waals surface area contributed by atoms with E-state index in [9.17, 15) is 9.59 Å². The zero-order chi connectivity index (χ0) is 19.6. The summed E-state index contributed by atoms with van der Waals surface area (Å²) in [5, 5.41) is 2.74. The van der Waals surface area contributed by atoms with Crippen LogP contribution in [0.5, 0.6) is 5.75 Å². The fourth-order valence-corrected chi connectivity index (χ4v) is 4.33. The minimum atomic E-state index is -0.325. The summed E-state index contributed by atoms with van der Waals surface area (Å²) >= 11 is 0. The number of hydrogen-bond donors (Lipinski definition) is 1. The number of pyridine rings is 1. The summed E-state index contributed by atoms with van der Waals surface area (Å²) in [6.07, 6.45) is 4.40. The van der Waals surface area contributed by atoms with Gasteiger partial charge in [-0.15, -0.1) is 0 Å². The average molecular weight is 379 g/mol. The first-order valence-corrected chi connectivity index (χ1v) is 9.79. The van der Waals surface area contributed by atoms with Gasteiger partial charge in [-0.2, -0.15) is 0 Å². The van der Waals surface area contributed by atoms with Crippen molar-refractivity contribution in [2.24, 2.45) is 0 Å². The van der Waals surface area contributed by atoms with Crippen LogP contribution in [0, 0.1) is 0 Å². The topological polar surface area (TPSA) is 71.5 Å². The number of rotatable bonds is 3. The second-order valence-electron chi connectivity index (χ2n) is 7.61. The summed E-state index contributed by atoms with van der Waals surface area (Å²) in [4.78, 5) is 30.8. The molecular weight excluding hydrogens is 354 g/mol. The fraction of sp³-hybridized carbons (Fsp3) is 0.409. The Morgan fingerprint density at radius 2 is 1.93 bits per heavy atom. The lowest BCUT2D eigenvalue weighted by Gasteiger charge is -2.46. The molecule has 2 aliphatic rings. The Labute approximate surface area is 164 Å². The fourth-order valence-electron chi connectivity index (χ4n) is 4.33. The van der Waals surface area contributed by atoms with E-state index in [0.29, 0.717) is 25.2 Å². The first kappa shape index (κ1) is 18.5. The number of hydrogen-bond acceptors (Lipinski definition) is 4.